The molecule has 0 bridgehead atoms. The lowest BCUT2D eigenvalue weighted by Crippen LogP contribution is -2.18. The molecule has 2 heterocycles. The maximum absolute atomic E-state index is 5.61. The van der Waals surface area contributed by atoms with Gasteiger partial charge in [0.2, 0.25) is 12.6 Å². The fraction of sp³-hybridized carbons (Fsp3) is 0.368. The molecule has 0 amide bonds. The van der Waals surface area contributed by atoms with E-state index in [4.69, 9.17) is 18.9 Å². The minimum Gasteiger partial charge on any atom is -0.462 e. The van der Waals surface area contributed by atoms with Crippen molar-refractivity contribution in [2.24, 2.45) is 0 Å². The molecule has 0 saturated carbocycles. The van der Waals surface area contributed by atoms with Crippen LogP contribution in [-0.4, -0.2) is 25.8 Å². The van der Waals surface area contributed by atoms with Crippen LogP contribution < -0.4 is 9.47 Å². The summed E-state index contributed by atoms with van der Waals surface area (Å²) in [5, 5.41) is 0. The van der Waals surface area contributed by atoms with E-state index in [1.165, 1.54) is 11.1 Å². The van der Waals surface area contributed by atoms with E-state index in [9.17, 15) is 0 Å². The normalized spacial score (nSPS) is 22.5. The third kappa shape index (κ3) is 3.33. The maximum Gasteiger partial charge on any atom is 0.223 e. The Morgan fingerprint density at radius 1 is 0.739 bits per heavy atom. The third-order valence-corrected chi connectivity index (χ3v) is 4.29. The molecule has 0 aromatic heterocycles. The minimum atomic E-state index is -0.0940. The van der Waals surface area contributed by atoms with Crippen molar-refractivity contribution in [1.82, 2.24) is 0 Å². The van der Waals surface area contributed by atoms with Crippen LogP contribution in [0.1, 0.15) is 25.0 Å². The highest BCUT2D eigenvalue weighted by molar-refractivity contribution is 5.41. The summed E-state index contributed by atoms with van der Waals surface area (Å²) in [7, 11) is 0. The second-order valence-corrected chi connectivity index (χ2v) is 6.44. The molecular weight excluding hydrogens is 292 g/mol. The van der Waals surface area contributed by atoms with Crippen molar-refractivity contribution in [3.8, 4) is 11.5 Å². The number of hydrogen-bond acceptors (Lipinski definition) is 4. The van der Waals surface area contributed by atoms with Gasteiger partial charge in [-0.2, -0.15) is 0 Å². The van der Waals surface area contributed by atoms with E-state index in [0.717, 1.165) is 11.5 Å². The van der Waals surface area contributed by atoms with E-state index in [1.54, 1.807) is 0 Å². The molecule has 2 fully saturated rings. The molecule has 0 aliphatic carbocycles. The van der Waals surface area contributed by atoms with Crippen LogP contribution >= 0.6 is 0 Å². The van der Waals surface area contributed by atoms with Crippen LogP contribution in [0.4, 0.5) is 0 Å². The van der Waals surface area contributed by atoms with Crippen molar-refractivity contribution >= 4 is 0 Å². The van der Waals surface area contributed by atoms with Crippen LogP contribution in [0.15, 0.2) is 48.5 Å². The molecule has 4 nitrogen and oxygen atoms in total. The zero-order valence-electron chi connectivity index (χ0n) is 13.3. The Morgan fingerprint density at radius 3 is 1.39 bits per heavy atom. The highest BCUT2D eigenvalue weighted by Crippen LogP contribution is 2.34. The zero-order valence-corrected chi connectivity index (χ0v) is 13.3. The van der Waals surface area contributed by atoms with E-state index in [1.807, 2.05) is 24.3 Å². The molecule has 0 N–H and O–H groups in total. The summed E-state index contributed by atoms with van der Waals surface area (Å²) in [4.78, 5) is 0. The van der Waals surface area contributed by atoms with Crippen molar-refractivity contribution in [3.05, 3.63) is 59.7 Å². The average Bonchev–Trinajstić information content (AvgIpc) is 3.45. The van der Waals surface area contributed by atoms with Crippen LogP contribution in [0.2, 0.25) is 0 Å². The molecule has 2 unspecified atom stereocenters. The minimum absolute atomic E-state index is 0.0585. The number of hydrogen-bond donors (Lipinski definition) is 0. The second kappa shape index (κ2) is 5.55. The Labute approximate surface area is 135 Å². The van der Waals surface area contributed by atoms with Crippen LogP contribution in [-0.2, 0) is 14.9 Å². The van der Waals surface area contributed by atoms with Gasteiger partial charge in [0.15, 0.2) is 0 Å². The number of epoxide rings is 2. The molecule has 2 saturated heterocycles. The largest absolute Gasteiger partial charge is 0.462 e. The molecule has 0 radical (unpaired) electrons. The van der Waals surface area contributed by atoms with Gasteiger partial charge in [0.1, 0.15) is 24.7 Å². The van der Waals surface area contributed by atoms with Crippen molar-refractivity contribution in [2.45, 2.75) is 31.8 Å². The van der Waals surface area contributed by atoms with Crippen LogP contribution in [0.3, 0.4) is 0 Å². The van der Waals surface area contributed by atoms with Crippen molar-refractivity contribution in [3.63, 3.8) is 0 Å². The van der Waals surface area contributed by atoms with Crippen LogP contribution in [0.5, 0.6) is 11.5 Å². The van der Waals surface area contributed by atoms with E-state index in [2.05, 4.69) is 38.1 Å². The van der Waals surface area contributed by atoms with Gasteiger partial charge in [0, 0.05) is 5.41 Å². The first-order valence-corrected chi connectivity index (χ1v) is 7.89. The number of ether oxygens (including phenoxy) is 4. The Kier molecular flexibility index (Phi) is 3.51. The molecule has 2 aliphatic heterocycles. The molecule has 4 heteroatoms. The first-order valence-electron chi connectivity index (χ1n) is 7.89. The number of benzene rings is 2. The number of rotatable bonds is 6. The van der Waals surface area contributed by atoms with Gasteiger partial charge in [-0.15, -0.1) is 0 Å². The average molecular weight is 312 g/mol. The van der Waals surface area contributed by atoms with Crippen molar-refractivity contribution < 1.29 is 18.9 Å². The quantitative estimate of drug-likeness (QED) is 0.766. The predicted octanol–water partition coefficient (Wildman–Crippen LogP) is 3.48. The van der Waals surface area contributed by atoms with Gasteiger partial charge >= 0.3 is 0 Å². The first kappa shape index (κ1) is 14.5. The molecule has 2 aromatic rings. The molecule has 2 aliphatic rings. The fourth-order valence-corrected chi connectivity index (χ4v) is 2.59. The van der Waals surface area contributed by atoms with E-state index in [0.29, 0.717) is 13.2 Å². The molecule has 23 heavy (non-hydrogen) atoms. The van der Waals surface area contributed by atoms with E-state index < -0.39 is 0 Å². The van der Waals surface area contributed by atoms with Gasteiger partial charge in [0.25, 0.3) is 0 Å². The summed E-state index contributed by atoms with van der Waals surface area (Å²) >= 11 is 0. The lowest BCUT2D eigenvalue weighted by atomic mass is 9.78. The van der Waals surface area contributed by atoms with Crippen molar-refractivity contribution in [1.29, 1.82) is 0 Å². The van der Waals surface area contributed by atoms with E-state index >= 15 is 0 Å². The van der Waals surface area contributed by atoms with Crippen LogP contribution in [0.25, 0.3) is 0 Å². The third-order valence-electron chi connectivity index (χ3n) is 4.29. The van der Waals surface area contributed by atoms with Crippen molar-refractivity contribution in [2.75, 3.05) is 13.2 Å². The monoisotopic (exact) mass is 312 g/mol. The molecule has 2 aromatic carbocycles. The molecular formula is C19H20O4. The standard InChI is InChI=1S/C19H20O4/c1-19(2,13-3-7-15(8-4-13)22-17-11-20-17)14-5-9-16(10-6-14)23-18-12-21-18/h3-10,17-18H,11-12H2,1-2H3. The molecule has 0 spiro atoms. The zero-order chi connectivity index (χ0) is 15.9. The molecule has 4 rings (SSSR count). The molecule has 120 valence electrons. The lowest BCUT2D eigenvalue weighted by molar-refractivity contribution is 0.179. The topological polar surface area (TPSA) is 43.5 Å². The van der Waals surface area contributed by atoms with Gasteiger partial charge in [-0.1, -0.05) is 38.1 Å². The SMILES string of the molecule is CC(C)(c1ccc(OC2CO2)cc1)c1ccc(OC2CO2)cc1. The van der Waals surface area contributed by atoms with E-state index in [-0.39, 0.29) is 18.0 Å². The Balaban J connectivity index is 1.50. The van der Waals surface area contributed by atoms with Gasteiger partial charge in [-0.3, -0.25) is 0 Å². The van der Waals surface area contributed by atoms with Gasteiger partial charge < -0.3 is 18.9 Å². The lowest BCUT2D eigenvalue weighted by Gasteiger charge is -2.26. The fourth-order valence-electron chi connectivity index (χ4n) is 2.59. The summed E-state index contributed by atoms with van der Waals surface area (Å²) in [5.41, 5.74) is 2.38. The van der Waals surface area contributed by atoms with Gasteiger partial charge in [-0.05, 0) is 35.4 Å². The summed E-state index contributed by atoms with van der Waals surface area (Å²) in [6.45, 7) is 5.81. The summed E-state index contributed by atoms with van der Waals surface area (Å²) in [5.74, 6) is 1.69. The Hall–Kier alpha value is -2.04. The molecule has 2 atom stereocenters. The summed E-state index contributed by atoms with van der Waals surface area (Å²) < 4.78 is 21.4. The maximum atomic E-state index is 5.61. The predicted molar refractivity (Wildman–Crippen MR) is 85.7 cm³/mol. The Bertz CT molecular complexity index is 608. The summed E-state index contributed by atoms with van der Waals surface area (Å²) in [6, 6.07) is 16.4. The first-order chi connectivity index (χ1) is 11.1. The second-order valence-electron chi connectivity index (χ2n) is 6.44. The van der Waals surface area contributed by atoms with Gasteiger partial charge in [-0.25, -0.2) is 0 Å². The van der Waals surface area contributed by atoms with Gasteiger partial charge in [0.05, 0.1) is 0 Å². The highest BCUT2D eigenvalue weighted by Gasteiger charge is 2.27. The highest BCUT2D eigenvalue weighted by atomic mass is 16.8. The smallest absolute Gasteiger partial charge is 0.223 e. The summed E-state index contributed by atoms with van der Waals surface area (Å²) in [6.07, 6.45) is -0.117. The van der Waals surface area contributed by atoms with Crippen LogP contribution in [0, 0.1) is 0 Å². The Morgan fingerprint density at radius 2 is 1.09 bits per heavy atom.